The van der Waals surface area contributed by atoms with Crippen molar-refractivity contribution in [3.8, 4) is 54.9 Å². The Labute approximate surface area is 231 Å². The number of hydrogen-bond donors (Lipinski definition) is 2. The maximum atomic E-state index is 10.2. The van der Waals surface area contributed by atoms with Crippen LogP contribution in [0.15, 0.2) is 92.5 Å². The van der Waals surface area contributed by atoms with Gasteiger partial charge in [-0.2, -0.15) is 0 Å². The van der Waals surface area contributed by atoms with Crippen LogP contribution in [0.4, 0.5) is 0 Å². The van der Waals surface area contributed by atoms with Crippen LogP contribution in [0, 0.1) is 0 Å². The van der Waals surface area contributed by atoms with Crippen LogP contribution in [-0.4, -0.2) is 20.2 Å². The van der Waals surface area contributed by atoms with E-state index in [1.54, 1.807) is 59.1 Å². The second kappa shape index (κ2) is 9.44. The second-order valence-electron chi connectivity index (χ2n) is 8.09. The van der Waals surface area contributed by atoms with E-state index in [0.29, 0.717) is 11.4 Å². The number of thiophene rings is 2. The molecule has 8 heteroatoms. The van der Waals surface area contributed by atoms with E-state index in [2.05, 4.69) is 56.1 Å². The van der Waals surface area contributed by atoms with Gasteiger partial charge in [0.15, 0.2) is 0 Å². The Hall–Kier alpha value is -3.04. The summed E-state index contributed by atoms with van der Waals surface area (Å²) in [4.78, 5) is 12.6. The summed E-state index contributed by atoms with van der Waals surface area (Å²) in [6.07, 6.45) is 0. The van der Waals surface area contributed by atoms with Crippen LogP contribution in [0.3, 0.4) is 0 Å². The van der Waals surface area contributed by atoms with Crippen molar-refractivity contribution in [1.29, 1.82) is 0 Å². The van der Waals surface area contributed by atoms with Crippen LogP contribution in [0.5, 0.6) is 11.5 Å². The van der Waals surface area contributed by atoms with Crippen LogP contribution in [0.2, 0.25) is 0 Å². The Balaban J connectivity index is 1.74. The van der Waals surface area contributed by atoms with Crippen LogP contribution in [0.1, 0.15) is 0 Å². The fourth-order valence-electron chi connectivity index (χ4n) is 4.16. The highest BCUT2D eigenvalue weighted by Gasteiger charge is 2.20. The maximum Gasteiger partial charge on any atom is 0.116 e. The van der Waals surface area contributed by atoms with Gasteiger partial charge in [0.05, 0.1) is 30.0 Å². The number of phenols is 2. The van der Waals surface area contributed by atoms with E-state index in [-0.39, 0.29) is 11.5 Å². The van der Waals surface area contributed by atoms with Gasteiger partial charge in [-0.3, -0.25) is 0 Å². The second-order valence-corrected chi connectivity index (χ2v) is 13.0. The largest absolute Gasteiger partial charge is 0.508 e. The molecule has 0 fully saturated rings. The van der Waals surface area contributed by atoms with E-state index in [9.17, 15) is 10.2 Å². The minimum atomic E-state index is 0.149. The van der Waals surface area contributed by atoms with Gasteiger partial charge in [-0.1, -0.05) is 36.4 Å². The van der Waals surface area contributed by atoms with E-state index < -0.39 is 0 Å². The molecule has 0 saturated heterocycles. The molecule has 6 aromatic rings. The van der Waals surface area contributed by atoms with Crippen molar-refractivity contribution in [3.05, 3.63) is 92.5 Å². The zero-order valence-corrected chi connectivity index (χ0v) is 23.2. The standard InChI is InChI=1S/C28H16Br2N2O2S2/c29-23-11-9-21(35-23)19-7-8-20(22-10-12-24(30)36-22)28-27(19)31-25(15-3-1-5-17(33)13-15)26(32-28)16-4-2-6-18(34)14-16/h1-14,33-34H. The summed E-state index contributed by atoms with van der Waals surface area (Å²) in [6.45, 7) is 0. The quantitative estimate of drug-likeness (QED) is 0.203. The van der Waals surface area contributed by atoms with E-state index in [0.717, 1.165) is 50.6 Å². The molecule has 176 valence electrons. The minimum absolute atomic E-state index is 0.149. The van der Waals surface area contributed by atoms with Crippen molar-refractivity contribution in [2.24, 2.45) is 0 Å². The number of nitrogens with zero attached hydrogens (tertiary/aromatic N) is 2. The lowest BCUT2D eigenvalue weighted by Crippen LogP contribution is -1.98. The summed E-state index contributed by atoms with van der Waals surface area (Å²) in [6, 6.07) is 26.4. The molecule has 0 amide bonds. The molecule has 3 heterocycles. The number of aromatic nitrogens is 2. The molecule has 3 aromatic carbocycles. The zero-order valence-electron chi connectivity index (χ0n) is 18.4. The Morgan fingerprint density at radius 1 is 0.556 bits per heavy atom. The first-order valence-electron chi connectivity index (χ1n) is 10.9. The summed E-state index contributed by atoms with van der Waals surface area (Å²) >= 11 is 10.4. The molecule has 0 spiro atoms. The highest BCUT2D eigenvalue weighted by Crippen LogP contribution is 2.43. The summed E-state index contributed by atoms with van der Waals surface area (Å²) in [7, 11) is 0. The van der Waals surface area contributed by atoms with Crippen LogP contribution < -0.4 is 0 Å². The van der Waals surface area contributed by atoms with Crippen LogP contribution in [-0.2, 0) is 0 Å². The maximum absolute atomic E-state index is 10.2. The minimum Gasteiger partial charge on any atom is -0.508 e. The number of benzene rings is 3. The molecule has 0 aliphatic heterocycles. The van der Waals surface area contributed by atoms with Gasteiger partial charge in [-0.25, -0.2) is 9.97 Å². The van der Waals surface area contributed by atoms with Crippen molar-refractivity contribution in [2.45, 2.75) is 0 Å². The number of fused-ring (bicyclic) bond motifs is 1. The Bertz CT molecular complexity index is 1630. The van der Waals surface area contributed by atoms with Crippen molar-refractivity contribution in [2.75, 3.05) is 0 Å². The number of hydrogen-bond acceptors (Lipinski definition) is 6. The monoisotopic (exact) mass is 634 g/mol. The summed E-state index contributed by atoms with van der Waals surface area (Å²) in [5.74, 6) is 0.298. The van der Waals surface area contributed by atoms with Gasteiger partial charge in [-0.15, -0.1) is 22.7 Å². The average Bonchev–Trinajstić information content (AvgIpc) is 3.50. The van der Waals surface area contributed by atoms with Gasteiger partial charge in [0.2, 0.25) is 0 Å². The summed E-state index contributed by atoms with van der Waals surface area (Å²) in [5, 5.41) is 20.5. The van der Waals surface area contributed by atoms with Crippen molar-refractivity contribution in [3.63, 3.8) is 0 Å². The predicted molar refractivity (Wildman–Crippen MR) is 156 cm³/mol. The van der Waals surface area contributed by atoms with Crippen molar-refractivity contribution >= 4 is 65.6 Å². The molecule has 0 saturated carbocycles. The molecule has 0 atom stereocenters. The normalized spacial score (nSPS) is 11.3. The summed E-state index contributed by atoms with van der Waals surface area (Å²) < 4.78 is 2.07. The number of aromatic hydroxyl groups is 2. The molecule has 6 rings (SSSR count). The molecule has 0 aliphatic rings. The van der Waals surface area contributed by atoms with Gasteiger partial charge in [0.1, 0.15) is 11.5 Å². The van der Waals surface area contributed by atoms with Crippen molar-refractivity contribution < 1.29 is 10.2 Å². The predicted octanol–water partition coefficient (Wildman–Crippen LogP) is 9.36. The van der Waals surface area contributed by atoms with Gasteiger partial charge in [-0.05, 0) is 80.4 Å². The highest BCUT2D eigenvalue weighted by molar-refractivity contribution is 9.11. The van der Waals surface area contributed by atoms with E-state index in [1.807, 2.05) is 24.3 Å². The molecule has 2 N–H and O–H groups in total. The van der Waals surface area contributed by atoms with E-state index in [4.69, 9.17) is 9.97 Å². The first-order valence-corrected chi connectivity index (χ1v) is 14.1. The number of rotatable bonds is 4. The van der Waals surface area contributed by atoms with E-state index >= 15 is 0 Å². The molecule has 0 bridgehead atoms. The Kier molecular flexibility index (Phi) is 6.13. The van der Waals surface area contributed by atoms with Gasteiger partial charge >= 0.3 is 0 Å². The molecule has 4 nitrogen and oxygen atoms in total. The molecular formula is C28H16Br2N2O2S2. The molecule has 36 heavy (non-hydrogen) atoms. The lowest BCUT2D eigenvalue weighted by atomic mass is 10.0. The Morgan fingerprint density at radius 2 is 1.00 bits per heavy atom. The fraction of sp³-hybridized carbons (Fsp3) is 0. The summed E-state index contributed by atoms with van der Waals surface area (Å²) in [5.41, 5.74) is 6.25. The van der Waals surface area contributed by atoms with Gasteiger partial charge in [0, 0.05) is 32.0 Å². The first-order chi connectivity index (χ1) is 17.5. The van der Waals surface area contributed by atoms with Crippen molar-refractivity contribution in [1.82, 2.24) is 9.97 Å². The molecular weight excluding hydrogens is 620 g/mol. The SMILES string of the molecule is Oc1cccc(-c2nc3c(-c4ccc(Br)s4)ccc(-c4ccc(Br)s4)c3nc2-c2cccc(O)c2)c1. The zero-order chi connectivity index (χ0) is 24.8. The average molecular weight is 636 g/mol. The smallest absolute Gasteiger partial charge is 0.116 e. The third-order valence-electron chi connectivity index (χ3n) is 5.74. The van der Waals surface area contributed by atoms with Crippen LogP contribution in [0.25, 0.3) is 54.4 Å². The lowest BCUT2D eigenvalue weighted by Gasteiger charge is -2.15. The molecule has 0 unspecified atom stereocenters. The number of halogens is 2. The highest BCUT2D eigenvalue weighted by atomic mass is 79.9. The third-order valence-corrected chi connectivity index (χ3v) is 9.05. The van der Waals surface area contributed by atoms with E-state index in [1.165, 1.54) is 0 Å². The van der Waals surface area contributed by atoms with Gasteiger partial charge in [0.25, 0.3) is 0 Å². The first kappa shape index (κ1) is 23.4. The molecule has 0 radical (unpaired) electrons. The van der Waals surface area contributed by atoms with Crippen LogP contribution >= 0.6 is 54.5 Å². The molecule has 0 aliphatic carbocycles. The molecule has 3 aromatic heterocycles. The fourth-order valence-corrected chi connectivity index (χ4v) is 6.98. The van der Waals surface area contributed by atoms with Gasteiger partial charge < -0.3 is 10.2 Å². The topological polar surface area (TPSA) is 66.2 Å². The number of phenolic OH excluding ortho intramolecular Hbond substituents is 2. The Morgan fingerprint density at radius 3 is 1.36 bits per heavy atom. The lowest BCUT2D eigenvalue weighted by molar-refractivity contribution is 0.475. The third kappa shape index (κ3) is 4.35.